The number of piperidine rings is 1. The van der Waals surface area contributed by atoms with Gasteiger partial charge in [0.2, 0.25) is 10.0 Å². The molecular formula is C17H27IN2O3S. The normalized spacial score (nSPS) is 22.5. The first kappa shape index (κ1) is 19.9. The molecule has 0 spiro atoms. The Labute approximate surface area is 159 Å². The third-order valence-electron chi connectivity index (χ3n) is 4.32. The molecule has 0 saturated carbocycles. The Kier molecular flexibility index (Phi) is 7.33. The predicted octanol–water partition coefficient (Wildman–Crippen LogP) is 2.95. The van der Waals surface area contributed by atoms with Crippen LogP contribution in [0.4, 0.5) is 0 Å². The molecule has 2 unspecified atom stereocenters. The number of hydrogen-bond acceptors (Lipinski definition) is 4. The van der Waals surface area contributed by atoms with Gasteiger partial charge in [-0.15, -0.1) is 0 Å². The van der Waals surface area contributed by atoms with Crippen molar-refractivity contribution in [3.05, 3.63) is 21.8 Å². The third kappa shape index (κ3) is 5.57. The van der Waals surface area contributed by atoms with Gasteiger partial charge in [-0.1, -0.05) is 13.8 Å². The van der Waals surface area contributed by atoms with Crippen molar-refractivity contribution >= 4 is 32.6 Å². The van der Waals surface area contributed by atoms with E-state index in [0.717, 1.165) is 41.5 Å². The lowest BCUT2D eigenvalue weighted by atomic mass is 9.92. The van der Waals surface area contributed by atoms with Gasteiger partial charge in [-0.05, 0) is 72.0 Å². The summed E-state index contributed by atoms with van der Waals surface area (Å²) in [7, 11) is -1.89. The number of benzene rings is 1. The Bertz CT molecular complexity index is 641. The Morgan fingerprint density at radius 2 is 1.96 bits per heavy atom. The van der Waals surface area contributed by atoms with E-state index in [0.29, 0.717) is 12.3 Å². The molecule has 7 heteroatoms. The van der Waals surface area contributed by atoms with Crippen LogP contribution in [0.15, 0.2) is 23.1 Å². The van der Waals surface area contributed by atoms with Gasteiger partial charge in [-0.2, -0.15) is 0 Å². The van der Waals surface area contributed by atoms with Crippen LogP contribution in [0, 0.1) is 15.4 Å². The highest BCUT2D eigenvalue weighted by Gasteiger charge is 2.21. The van der Waals surface area contributed by atoms with Crippen LogP contribution < -0.4 is 9.46 Å². The van der Waals surface area contributed by atoms with Gasteiger partial charge in [0.1, 0.15) is 5.75 Å². The molecule has 1 heterocycles. The van der Waals surface area contributed by atoms with Gasteiger partial charge >= 0.3 is 0 Å². The van der Waals surface area contributed by atoms with E-state index in [1.807, 2.05) is 0 Å². The van der Waals surface area contributed by atoms with Crippen LogP contribution in [0.3, 0.4) is 0 Å². The smallest absolute Gasteiger partial charge is 0.240 e. The number of sulfonamides is 1. The number of nitrogens with one attached hydrogen (secondary N) is 1. The molecule has 1 N–H and O–H groups in total. The molecule has 0 bridgehead atoms. The van der Waals surface area contributed by atoms with E-state index in [9.17, 15) is 8.42 Å². The molecule has 0 radical (unpaired) electrons. The summed E-state index contributed by atoms with van der Waals surface area (Å²) in [6.45, 7) is 8.22. The first-order chi connectivity index (χ1) is 11.3. The maximum absolute atomic E-state index is 12.4. The van der Waals surface area contributed by atoms with E-state index in [1.54, 1.807) is 25.3 Å². The molecule has 2 rings (SSSR count). The second kappa shape index (κ2) is 8.82. The lowest BCUT2D eigenvalue weighted by molar-refractivity contribution is 0.140. The summed E-state index contributed by atoms with van der Waals surface area (Å²) in [5.74, 6) is 2.14. The fourth-order valence-corrected chi connectivity index (χ4v) is 5.43. The largest absolute Gasteiger partial charge is 0.496 e. The van der Waals surface area contributed by atoms with E-state index in [4.69, 9.17) is 4.74 Å². The van der Waals surface area contributed by atoms with Crippen LogP contribution in [-0.4, -0.2) is 46.6 Å². The topological polar surface area (TPSA) is 58.6 Å². The zero-order valence-corrected chi connectivity index (χ0v) is 17.6. The molecule has 5 nitrogen and oxygen atoms in total. The van der Waals surface area contributed by atoms with E-state index in [1.165, 1.54) is 6.42 Å². The molecule has 0 aromatic heterocycles. The summed E-state index contributed by atoms with van der Waals surface area (Å²) in [4.78, 5) is 2.73. The van der Waals surface area contributed by atoms with Gasteiger partial charge in [0.25, 0.3) is 0 Å². The zero-order valence-electron chi connectivity index (χ0n) is 14.6. The Morgan fingerprint density at radius 3 is 2.54 bits per heavy atom. The van der Waals surface area contributed by atoms with Crippen molar-refractivity contribution in [2.45, 2.75) is 31.6 Å². The fourth-order valence-electron chi connectivity index (χ4n) is 3.38. The average Bonchev–Trinajstić information content (AvgIpc) is 2.50. The summed E-state index contributed by atoms with van der Waals surface area (Å²) in [6, 6.07) is 4.90. The van der Waals surface area contributed by atoms with Gasteiger partial charge in [0.05, 0.1) is 15.6 Å². The van der Waals surface area contributed by atoms with E-state index in [-0.39, 0.29) is 4.90 Å². The molecule has 1 aromatic rings. The number of ether oxygens (including phenoxy) is 1. The highest BCUT2D eigenvalue weighted by atomic mass is 127. The summed E-state index contributed by atoms with van der Waals surface area (Å²) in [5, 5.41) is 0. The number of methoxy groups -OCH3 is 1. The summed E-state index contributed by atoms with van der Waals surface area (Å²) in [5.41, 5.74) is 0. The Hall–Kier alpha value is -0.380. The molecule has 1 aliphatic heterocycles. The van der Waals surface area contributed by atoms with Crippen molar-refractivity contribution in [3.63, 3.8) is 0 Å². The molecular weight excluding hydrogens is 439 g/mol. The van der Waals surface area contributed by atoms with Crippen molar-refractivity contribution in [1.29, 1.82) is 0 Å². The Balaban J connectivity index is 1.83. The number of halogens is 1. The van der Waals surface area contributed by atoms with Crippen molar-refractivity contribution in [2.24, 2.45) is 11.8 Å². The van der Waals surface area contributed by atoms with Crippen LogP contribution in [-0.2, 0) is 10.0 Å². The van der Waals surface area contributed by atoms with Crippen LogP contribution in [0.1, 0.15) is 26.7 Å². The maximum atomic E-state index is 12.4. The first-order valence-corrected chi connectivity index (χ1v) is 10.9. The second-order valence-corrected chi connectivity index (χ2v) is 9.68. The lowest BCUT2D eigenvalue weighted by Crippen LogP contribution is -2.40. The van der Waals surface area contributed by atoms with Crippen LogP contribution in [0.25, 0.3) is 0 Å². The summed E-state index contributed by atoms with van der Waals surface area (Å²) < 4.78 is 33.4. The van der Waals surface area contributed by atoms with Gasteiger partial charge < -0.3 is 9.64 Å². The van der Waals surface area contributed by atoms with E-state index >= 15 is 0 Å². The monoisotopic (exact) mass is 466 g/mol. The quantitative estimate of drug-likeness (QED) is 0.496. The first-order valence-electron chi connectivity index (χ1n) is 8.37. The number of nitrogens with zero attached hydrogens (tertiary/aromatic N) is 1. The fraction of sp³-hybridized carbons (Fsp3) is 0.647. The highest BCUT2D eigenvalue weighted by molar-refractivity contribution is 14.1. The Morgan fingerprint density at radius 1 is 1.29 bits per heavy atom. The van der Waals surface area contributed by atoms with Crippen LogP contribution >= 0.6 is 22.6 Å². The van der Waals surface area contributed by atoms with Crippen LogP contribution in [0.5, 0.6) is 5.75 Å². The minimum atomic E-state index is -3.46. The zero-order chi connectivity index (χ0) is 17.7. The van der Waals surface area contributed by atoms with E-state index in [2.05, 4.69) is 46.1 Å². The molecule has 2 atom stereocenters. The highest BCUT2D eigenvalue weighted by Crippen LogP contribution is 2.24. The van der Waals surface area contributed by atoms with Gasteiger partial charge in [-0.25, -0.2) is 13.1 Å². The molecule has 1 saturated heterocycles. The maximum Gasteiger partial charge on any atom is 0.240 e. The van der Waals surface area contributed by atoms with Crippen LogP contribution in [0.2, 0.25) is 0 Å². The standard InChI is InChI=1S/C17H27IN2O3S/c1-13-9-14(2)12-20(11-13)8-4-7-19-24(21,22)15-5-6-17(23-3)16(18)10-15/h5-6,10,13-14,19H,4,7-9,11-12H2,1-3H3. The average molecular weight is 466 g/mol. The van der Waals surface area contributed by atoms with Crippen molar-refractivity contribution in [1.82, 2.24) is 9.62 Å². The molecule has 1 fully saturated rings. The van der Waals surface area contributed by atoms with Gasteiger partial charge in [0, 0.05) is 19.6 Å². The second-order valence-electron chi connectivity index (χ2n) is 6.75. The third-order valence-corrected chi connectivity index (χ3v) is 6.62. The number of rotatable bonds is 7. The predicted molar refractivity (Wildman–Crippen MR) is 105 cm³/mol. The van der Waals surface area contributed by atoms with Gasteiger partial charge in [0.15, 0.2) is 0 Å². The SMILES string of the molecule is COc1ccc(S(=O)(=O)NCCCN2CC(C)CC(C)C2)cc1I. The van der Waals surface area contributed by atoms with Crippen molar-refractivity contribution < 1.29 is 13.2 Å². The molecule has 1 aromatic carbocycles. The number of likely N-dealkylation sites (tertiary alicyclic amines) is 1. The van der Waals surface area contributed by atoms with Crippen molar-refractivity contribution in [2.75, 3.05) is 33.3 Å². The van der Waals surface area contributed by atoms with Gasteiger partial charge in [-0.3, -0.25) is 0 Å². The molecule has 0 aliphatic carbocycles. The summed E-state index contributed by atoms with van der Waals surface area (Å²) in [6.07, 6.45) is 2.12. The minimum absolute atomic E-state index is 0.285. The molecule has 136 valence electrons. The number of hydrogen-bond donors (Lipinski definition) is 1. The molecule has 1 aliphatic rings. The minimum Gasteiger partial charge on any atom is -0.496 e. The van der Waals surface area contributed by atoms with E-state index < -0.39 is 10.0 Å². The summed E-state index contributed by atoms with van der Waals surface area (Å²) >= 11 is 2.08. The lowest BCUT2D eigenvalue weighted by Gasteiger charge is -2.34. The molecule has 24 heavy (non-hydrogen) atoms. The van der Waals surface area contributed by atoms with Crippen molar-refractivity contribution in [3.8, 4) is 5.75 Å². The molecule has 0 amide bonds.